The minimum absolute atomic E-state index is 0.0510. The van der Waals surface area contributed by atoms with Gasteiger partial charge in [-0.05, 0) is 31.2 Å². The van der Waals surface area contributed by atoms with Crippen molar-refractivity contribution >= 4 is 0 Å². The number of nitrogens with two attached hydrogens (primary N) is 1. The molecular weight excluding hydrogens is 200 g/mol. The maximum atomic E-state index is 5.66. The lowest BCUT2D eigenvalue weighted by Crippen LogP contribution is -2.59. The number of nitrogens with one attached hydrogen (secondary N) is 1. The first kappa shape index (κ1) is 11.6. The fourth-order valence-electron chi connectivity index (χ4n) is 2.47. The van der Waals surface area contributed by atoms with Gasteiger partial charge in [-0.15, -0.1) is 0 Å². The summed E-state index contributed by atoms with van der Waals surface area (Å²) in [6.45, 7) is 0. The molecule has 0 heterocycles. The van der Waals surface area contributed by atoms with Crippen molar-refractivity contribution in [3.05, 3.63) is 35.9 Å². The third-order valence-corrected chi connectivity index (χ3v) is 3.73. The van der Waals surface area contributed by atoms with E-state index < -0.39 is 0 Å². The van der Waals surface area contributed by atoms with E-state index in [1.165, 1.54) is 12.0 Å². The van der Waals surface area contributed by atoms with Crippen molar-refractivity contribution in [2.24, 2.45) is 5.84 Å². The third-order valence-electron chi connectivity index (χ3n) is 3.73. The fourth-order valence-corrected chi connectivity index (χ4v) is 2.47. The number of rotatable bonds is 5. The summed E-state index contributed by atoms with van der Waals surface area (Å²) < 4.78 is 5.66. The number of ether oxygens (including phenoxy) is 1. The van der Waals surface area contributed by atoms with Gasteiger partial charge in [0.05, 0.1) is 11.6 Å². The van der Waals surface area contributed by atoms with Crippen LogP contribution >= 0.6 is 0 Å². The van der Waals surface area contributed by atoms with Crippen LogP contribution in [0.25, 0.3) is 0 Å². The maximum absolute atomic E-state index is 5.66. The number of methoxy groups -OCH3 is 1. The molecule has 1 atom stereocenters. The predicted octanol–water partition coefficient (Wildman–Crippen LogP) is 1.63. The molecule has 3 N–H and O–H groups in total. The van der Waals surface area contributed by atoms with Crippen LogP contribution in [0.1, 0.15) is 24.8 Å². The van der Waals surface area contributed by atoms with Crippen LogP contribution < -0.4 is 11.3 Å². The van der Waals surface area contributed by atoms with Crippen LogP contribution in [0.15, 0.2) is 30.3 Å². The summed E-state index contributed by atoms with van der Waals surface area (Å²) in [5, 5.41) is 0. The van der Waals surface area contributed by atoms with E-state index in [0.717, 1.165) is 19.3 Å². The van der Waals surface area contributed by atoms with Gasteiger partial charge in [-0.3, -0.25) is 11.3 Å². The van der Waals surface area contributed by atoms with Crippen molar-refractivity contribution in [3.8, 4) is 0 Å². The van der Waals surface area contributed by atoms with Crippen LogP contribution in [-0.4, -0.2) is 18.8 Å². The normalized spacial score (nSPS) is 20.1. The predicted molar refractivity (Wildman–Crippen MR) is 64.8 cm³/mol. The highest BCUT2D eigenvalue weighted by Crippen LogP contribution is 2.38. The smallest absolute Gasteiger partial charge is 0.0847 e. The van der Waals surface area contributed by atoms with Gasteiger partial charge in [0.25, 0.3) is 0 Å². The Labute approximate surface area is 97.0 Å². The Hall–Kier alpha value is -0.900. The first-order valence-corrected chi connectivity index (χ1v) is 5.86. The molecule has 1 aliphatic carbocycles. The van der Waals surface area contributed by atoms with E-state index in [4.69, 9.17) is 10.6 Å². The number of hydrogen-bond acceptors (Lipinski definition) is 3. The molecule has 1 saturated carbocycles. The quantitative estimate of drug-likeness (QED) is 0.585. The first-order chi connectivity index (χ1) is 7.80. The molecule has 0 spiro atoms. The van der Waals surface area contributed by atoms with Crippen LogP contribution in [0, 0.1) is 0 Å². The Morgan fingerprint density at radius 1 is 1.38 bits per heavy atom. The van der Waals surface area contributed by atoms with Crippen LogP contribution in [0.2, 0.25) is 0 Å². The van der Waals surface area contributed by atoms with Crippen molar-refractivity contribution in [2.45, 2.75) is 37.3 Å². The third kappa shape index (κ3) is 2.12. The van der Waals surface area contributed by atoms with Crippen LogP contribution in [0.3, 0.4) is 0 Å². The summed E-state index contributed by atoms with van der Waals surface area (Å²) in [4.78, 5) is 0. The number of hydrazine groups is 1. The molecule has 1 aliphatic rings. The van der Waals surface area contributed by atoms with Gasteiger partial charge >= 0.3 is 0 Å². The number of hydrogen-bond donors (Lipinski definition) is 2. The summed E-state index contributed by atoms with van der Waals surface area (Å²) in [6, 6.07) is 10.6. The van der Waals surface area contributed by atoms with Crippen LogP contribution in [-0.2, 0) is 11.2 Å². The first-order valence-electron chi connectivity index (χ1n) is 5.86. The zero-order chi connectivity index (χ0) is 11.4. The highest BCUT2D eigenvalue weighted by Gasteiger charge is 2.43. The van der Waals surface area contributed by atoms with Gasteiger partial charge < -0.3 is 4.74 Å². The summed E-state index contributed by atoms with van der Waals surface area (Å²) in [7, 11) is 1.79. The van der Waals surface area contributed by atoms with Gasteiger partial charge in [-0.2, -0.15) is 0 Å². The molecule has 0 aromatic heterocycles. The summed E-state index contributed by atoms with van der Waals surface area (Å²) in [5.41, 5.74) is 4.17. The molecule has 0 aliphatic heterocycles. The van der Waals surface area contributed by atoms with E-state index in [1.54, 1.807) is 7.11 Å². The number of benzene rings is 1. The molecule has 3 nitrogen and oxygen atoms in total. The second kappa shape index (κ2) is 4.95. The monoisotopic (exact) mass is 220 g/mol. The Morgan fingerprint density at radius 2 is 2.06 bits per heavy atom. The summed E-state index contributed by atoms with van der Waals surface area (Å²) >= 11 is 0. The van der Waals surface area contributed by atoms with Gasteiger partial charge in [-0.1, -0.05) is 30.3 Å². The van der Waals surface area contributed by atoms with Gasteiger partial charge in [0.2, 0.25) is 0 Å². The molecule has 88 valence electrons. The molecule has 2 rings (SSSR count). The highest BCUT2D eigenvalue weighted by molar-refractivity contribution is 5.18. The van der Waals surface area contributed by atoms with E-state index in [0.29, 0.717) is 0 Å². The van der Waals surface area contributed by atoms with Gasteiger partial charge in [-0.25, -0.2) is 0 Å². The van der Waals surface area contributed by atoms with E-state index in [1.807, 2.05) is 6.07 Å². The van der Waals surface area contributed by atoms with Gasteiger partial charge in [0, 0.05) is 7.11 Å². The zero-order valence-electron chi connectivity index (χ0n) is 9.78. The topological polar surface area (TPSA) is 47.3 Å². The van der Waals surface area contributed by atoms with Crippen molar-refractivity contribution in [1.29, 1.82) is 0 Å². The minimum Gasteiger partial charge on any atom is -0.377 e. The van der Waals surface area contributed by atoms with Crippen LogP contribution in [0.5, 0.6) is 0 Å². The van der Waals surface area contributed by atoms with Gasteiger partial charge in [0.15, 0.2) is 0 Å². The molecule has 16 heavy (non-hydrogen) atoms. The average Bonchev–Trinajstić information content (AvgIpc) is 2.28. The van der Waals surface area contributed by atoms with E-state index in [2.05, 4.69) is 29.7 Å². The fraction of sp³-hybridized carbons (Fsp3) is 0.538. The highest BCUT2D eigenvalue weighted by atomic mass is 16.5. The molecule has 1 unspecified atom stereocenters. The Bertz CT molecular complexity index is 316. The molecule has 1 aromatic rings. The molecule has 0 saturated heterocycles. The molecule has 1 aromatic carbocycles. The molecule has 0 radical (unpaired) electrons. The van der Waals surface area contributed by atoms with Crippen molar-refractivity contribution in [3.63, 3.8) is 0 Å². The van der Waals surface area contributed by atoms with Crippen molar-refractivity contribution in [1.82, 2.24) is 5.43 Å². The van der Waals surface area contributed by atoms with Gasteiger partial charge in [0.1, 0.15) is 0 Å². The Balaban J connectivity index is 2.06. The summed E-state index contributed by atoms with van der Waals surface area (Å²) in [5.74, 6) is 5.66. The molecule has 3 heteroatoms. The van der Waals surface area contributed by atoms with Crippen molar-refractivity contribution in [2.75, 3.05) is 7.11 Å². The second-order valence-corrected chi connectivity index (χ2v) is 4.53. The molecule has 0 amide bonds. The van der Waals surface area contributed by atoms with E-state index >= 15 is 0 Å². The Morgan fingerprint density at radius 3 is 2.50 bits per heavy atom. The van der Waals surface area contributed by atoms with E-state index in [9.17, 15) is 0 Å². The lowest BCUT2D eigenvalue weighted by Gasteiger charge is -2.46. The standard InChI is InChI=1S/C13H20N2O/c1-16-13(8-5-9-13)12(15-14)10-11-6-3-2-4-7-11/h2-4,6-7,12,15H,5,8-10,14H2,1H3. The van der Waals surface area contributed by atoms with E-state index in [-0.39, 0.29) is 11.6 Å². The summed E-state index contributed by atoms with van der Waals surface area (Å²) in [6.07, 6.45) is 4.36. The molecule has 1 fully saturated rings. The lowest BCUT2D eigenvalue weighted by atomic mass is 9.73. The maximum Gasteiger partial charge on any atom is 0.0847 e. The average molecular weight is 220 g/mol. The zero-order valence-corrected chi connectivity index (χ0v) is 9.78. The van der Waals surface area contributed by atoms with Crippen LogP contribution in [0.4, 0.5) is 0 Å². The SMILES string of the molecule is COC1(C(Cc2ccccc2)NN)CCC1. The minimum atomic E-state index is -0.0510. The lowest BCUT2D eigenvalue weighted by molar-refractivity contribution is -0.0982. The molecular formula is C13H20N2O. The Kier molecular flexibility index (Phi) is 3.59. The molecule has 0 bridgehead atoms. The second-order valence-electron chi connectivity index (χ2n) is 4.53. The largest absolute Gasteiger partial charge is 0.377 e. The van der Waals surface area contributed by atoms with Crippen molar-refractivity contribution < 1.29 is 4.74 Å².